The van der Waals surface area contributed by atoms with E-state index < -0.39 is 0 Å². The number of nitrogen functional groups attached to an aromatic ring is 1. The lowest BCUT2D eigenvalue weighted by atomic mass is 10.2. The van der Waals surface area contributed by atoms with Gasteiger partial charge < -0.3 is 16.4 Å². The average Bonchev–Trinajstić information content (AvgIpc) is 2.64. The molecule has 1 aromatic rings. The molecule has 1 amide bonds. The van der Waals surface area contributed by atoms with E-state index in [0.29, 0.717) is 24.6 Å². The Kier molecular flexibility index (Phi) is 2.66. The van der Waals surface area contributed by atoms with Crippen LogP contribution in [0.5, 0.6) is 0 Å². The summed E-state index contributed by atoms with van der Waals surface area (Å²) in [7, 11) is 0. The summed E-state index contributed by atoms with van der Waals surface area (Å²) in [5, 5.41) is 5.90. The van der Waals surface area contributed by atoms with E-state index in [0.717, 1.165) is 6.42 Å². The number of carbonyl (C=O) groups excluding carboxylic acids is 1. The van der Waals surface area contributed by atoms with Gasteiger partial charge in [0, 0.05) is 19.0 Å². The maximum atomic E-state index is 10.9. The molecule has 2 rings (SSSR count). The van der Waals surface area contributed by atoms with Gasteiger partial charge in [0.15, 0.2) is 0 Å². The molecule has 1 aliphatic rings. The lowest BCUT2D eigenvalue weighted by molar-refractivity contribution is -0.119. The Hall–Kier alpha value is -1.85. The SMILES string of the molecule is Nc1cnc(NCC2CCC(=O)N2)nc1. The molecular formula is C9H13N5O. The van der Waals surface area contributed by atoms with Gasteiger partial charge in [-0.25, -0.2) is 9.97 Å². The van der Waals surface area contributed by atoms with Crippen LogP contribution in [0.25, 0.3) is 0 Å². The number of nitrogens with one attached hydrogen (secondary N) is 2. The predicted molar refractivity (Wildman–Crippen MR) is 56.1 cm³/mol. The summed E-state index contributed by atoms with van der Waals surface area (Å²) >= 11 is 0. The van der Waals surface area contributed by atoms with Gasteiger partial charge in [-0.05, 0) is 6.42 Å². The second-order valence-corrected chi connectivity index (χ2v) is 3.52. The summed E-state index contributed by atoms with van der Waals surface area (Å²) in [4.78, 5) is 18.9. The molecule has 1 aliphatic heterocycles. The summed E-state index contributed by atoms with van der Waals surface area (Å²) < 4.78 is 0. The zero-order valence-electron chi connectivity index (χ0n) is 8.23. The van der Waals surface area contributed by atoms with Crippen LogP contribution >= 0.6 is 0 Å². The van der Waals surface area contributed by atoms with Crippen molar-refractivity contribution in [3.63, 3.8) is 0 Å². The lowest BCUT2D eigenvalue weighted by Crippen LogP contribution is -2.32. The predicted octanol–water partition coefficient (Wildman–Crippen LogP) is -0.251. The van der Waals surface area contributed by atoms with Crippen LogP contribution in [0, 0.1) is 0 Å². The van der Waals surface area contributed by atoms with Crippen molar-refractivity contribution in [3.05, 3.63) is 12.4 Å². The zero-order valence-corrected chi connectivity index (χ0v) is 8.23. The van der Waals surface area contributed by atoms with E-state index in [-0.39, 0.29) is 11.9 Å². The van der Waals surface area contributed by atoms with Gasteiger partial charge in [0.25, 0.3) is 0 Å². The molecule has 80 valence electrons. The van der Waals surface area contributed by atoms with E-state index in [1.165, 1.54) is 0 Å². The molecule has 0 aromatic carbocycles. The quantitative estimate of drug-likeness (QED) is 0.635. The van der Waals surface area contributed by atoms with Crippen molar-refractivity contribution in [1.29, 1.82) is 0 Å². The third kappa shape index (κ3) is 2.55. The highest BCUT2D eigenvalue weighted by atomic mass is 16.1. The van der Waals surface area contributed by atoms with Crippen LogP contribution < -0.4 is 16.4 Å². The van der Waals surface area contributed by atoms with Gasteiger partial charge in [-0.1, -0.05) is 0 Å². The molecular weight excluding hydrogens is 194 g/mol. The molecule has 0 radical (unpaired) electrons. The first-order valence-corrected chi connectivity index (χ1v) is 4.85. The number of aromatic nitrogens is 2. The summed E-state index contributed by atoms with van der Waals surface area (Å²) in [6.45, 7) is 0.648. The molecule has 0 aliphatic carbocycles. The number of hydrogen-bond donors (Lipinski definition) is 3. The minimum atomic E-state index is 0.111. The molecule has 1 saturated heterocycles. The van der Waals surface area contributed by atoms with E-state index in [1.807, 2.05) is 0 Å². The standard InChI is InChI=1S/C9H13N5O/c10-6-3-11-9(12-4-6)13-5-7-1-2-8(15)14-7/h3-4,7H,1-2,5,10H2,(H,14,15)(H,11,12,13). The van der Waals surface area contributed by atoms with Gasteiger partial charge in [-0.3, -0.25) is 4.79 Å². The number of amides is 1. The number of rotatable bonds is 3. The van der Waals surface area contributed by atoms with Crippen molar-refractivity contribution < 1.29 is 4.79 Å². The van der Waals surface area contributed by atoms with Crippen LogP contribution in [0.1, 0.15) is 12.8 Å². The number of hydrogen-bond acceptors (Lipinski definition) is 5. The largest absolute Gasteiger partial charge is 0.396 e. The van der Waals surface area contributed by atoms with Crippen molar-refractivity contribution in [2.45, 2.75) is 18.9 Å². The van der Waals surface area contributed by atoms with Crippen LogP contribution in [0.3, 0.4) is 0 Å². The lowest BCUT2D eigenvalue weighted by Gasteiger charge is -2.10. The van der Waals surface area contributed by atoms with E-state index in [2.05, 4.69) is 20.6 Å². The van der Waals surface area contributed by atoms with Crippen molar-refractivity contribution in [2.75, 3.05) is 17.6 Å². The molecule has 0 bridgehead atoms. The van der Waals surface area contributed by atoms with Gasteiger partial charge in [0.1, 0.15) is 0 Å². The smallest absolute Gasteiger partial charge is 0.222 e. The maximum Gasteiger partial charge on any atom is 0.222 e. The molecule has 0 spiro atoms. The van der Waals surface area contributed by atoms with Crippen LogP contribution in [0.2, 0.25) is 0 Å². The van der Waals surface area contributed by atoms with Gasteiger partial charge >= 0.3 is 0 Å². The highest BCUT2D eigenvalue weighted by Gasteiger charge is 2.20. The highest BCUT2D eigenvalue weighted by Crippen LogP contribution is 2.07. The average molecular weight is 207 g/mol. The fourth-order valence-electron chi connectivity index (χ4n) is 1.47. The molecule has 1 unspecified atom stereocenters. The zero-order chi connectivity index (χ0) is 10.7. The molecule has 2 heterocycles. The third-order valence-electron chi connectivity index (χ3n) is 2.26. The van der Waals surface area contributed by atoms with Crippen molar-refractivity contribution in [2.24, 2.45) is 0 Å². The molecule has 6 nitrogen and oxygen atoms in total. The monoisotopic (exact) mass is 207 g/mol. The Bertz CT molecular complexity index is 350. The fourth-order valence-corrected chi connectivity index (χ4v) is 1.47. The first-order valence-electron chi connectivity index (χ1n) is 4.85. The maximum absolute atomic E-state index is 10.9. The molecule has 6 heteroatoms. The Labute approximate surface area is 87.3 Å². The summed E-state index contributed by atoms with van der Waals surface area (Å²) in [6, 6.07) is 0.179. The molecule has 1 atom stereocenters. The highest BCUT2D eigenvalue weighted by molar-refractivity contribution is 5.78. The van der Waals surface area contributed by atoms with Crippen LogP contribution in [-0.4, -0.2) is 28.5 Å². The number of nitrogens with two attached hydrogens (primary N) is 1. The minimum Gasteiger partial charge on any atom is -0.396 e. The second-order valence-electron chi connectivity index (χ2n) is 3.52. The Morgan fingerprint density at radius 1 is 1.53 bits per heavy atom. The Balaban J connectivity index is 1.83. The van der Waals surface area contributed by atoms with E-state index in [9.17, 15) is 4.79 Å². The molecule has 4 N–H and O–H groups in total. The third-order valence-corrected chi connectivity index (χ3v) is 2.26. The molecule has 1 fully saturated rings. The topological polar surface area (TPSA) is 92.9 Å². The van der Waals surface area contributed by atoms with E-state index >= 15 is 0 Å². The van der Waals surface area contributed by atoms with E-state index in [1.54, 1.807) is 12.4 Å². The number of carbonyl (C=O) groups is 1. The Morgan fingerprint density at radius 3 is 2.87 bits per heavy atom. The summed E-state index contributed by atoms with van der Waals surface area (Å²) in [5.41, 5.74) is 5.99. The molecule has 1 aromatic heterocycles. The van der Waals surface area contributed by atoms with Crippen molar-refractivity contribution in [3.8, 4) is 0 Å². The van der Waals surface area contributed by atoms with Crippen molar-refractivity contribution >= 4 is 17.5 Å². The van der Waals surface area contributed by atoms with E-state index in [4.69, 9.17) is 5.73 Å². The first-order chi connectivity index (χ1) is 7.24. The first kappa shape index (κ1) is 9.70. The fraction of sp³-hybridized carbons (Fsp3) is 0.444. The van der Waals surface area contributed by atoms with Gasteiger partial charge in [0.05, 0.1) is 18.1 Å². The number of nitrogens with zero attached hydrogens (tertiary/aromatic N) is 2. The second kappa shape index (κ2) is 4.12. The van der Waals surface area contributed by atoms with Crippen LogP contribution in [0.15, 0.2) is 12.4 Å². The van der Waals surface area contributed by atoms with Crippen LogP contribution in [0.4, 0.5) is 11.6 Å². The summed E-state index contributed by atoms with van der Waals surface area (Å²) in [5.74, 6) is 0.644. The summed E-state index contributed by atoms with van der Waals surface area (Å²) in [6.07, 6.45) is 4.56. The Morgan fingerprint density at radius 2 is 2.27 bits per heavy atom. The van der Waals surface area contributed by atoms with Gasteiger partial charge in [0.2, 0.25) is 11.9 Å². The molecule has 0 saturated carbocycles. The van der Waals surface area contributed by atoms with Crippen LogP contribution in [-0.2, 0) is 4.79 Å². The molecule has 15 heavy (non-hydrogen) atoms. The van der Waals surface area contributed by atoms with Gasteiger partial charge in [-0.15, -0.1) is 0 Å². The normalized spacial score (nSPS) is 20.0. The van der Waals surface area contributed by atoms with Gasteiger partial charge in [-0.2, -0.15) is 0 Å². The minimum absolute atomic E-state index is 0.111. The number of anilines is 2. The van der Waals surface area contributed by atoms with Crippen molar-refractivity contribution in [1.82, 2.24) is 15.3 Å².